The quantitative estimate of drug-likeness (QED) is 0.612. The van der Waals surface area contributed by atoms with Gasteiger partial charge in [0.25, 0.3) is 0 Å². The number of methoxy groups -OCH3 is 2. The molecule has 0 saturated heterocycles. The Hall–Kier alpha value is -2.79. The Bertz CT molecular complexity index is 902. The SMILES string of the molecule is COc1cc(/C=C2/N=C(c3cccc(Cl)c3)OC2=O)c(OC)cc1C. The predicted molar refractivity (Wildman–Crippen MR) is 96.3 cm³/mol. The summed E-state index contributed by atoms with van der Waals surface area (Å²) in [5.41, 5.74) is 2.42. The van der Waals surface area contributed by atoms with Crippen LogP contribution in [0.3, 0.4) is 0 Å². The zero-order chi connectivity index (χ0) is 18.0. The third-order valence-electron chi connectivity index (χ3n) is 3.73. The molecule has 0 aromatic heterocycles. The highest BCUT2D eigenvalue weighted by atomic mass is 35.5. The third-order valence-corrected chi connectivity index (χ3v) is 3.97. The van der Waals surface area contributed by atoms with Crippen LogP contribution < -0.4 is 9.47 Å². The van der Waals surface area contributed by atoms with Crippen LogP contribution in [0.15, 0.2) is 47.1 Å². The average molecular weight is 358 g/mol. The van der Waals surface area contributed by atoms with Gasteiger partial charge in [-0.25, -0.2) is 9.79 Å². The van der Waals surface area contributed by atoms with Gasteiger partial charge in [-0.3, -0.25) is 0 Å². The second kappa shape index (κ2) is 6.99. The summed E-state index contributed by atoms with van der Waals surface area (Å²) in [7, 11) is 3.15. The molecule has 1 heterocycles. The van der Waals surface area contributed by atoms with E-state index in [1.165, 1.54) is 0 Å². The van der Waals surface area contributed by atoms with Crippen LogP contribution in [0.1, 0.15) is 16.7 Å². The summed E-state index contributed by atoms with van der Waals surface area (Å²) < 4.78 is 16.0. The maximum atomic E-state index is 12.2. The highest BCUT2D eigenvalue weighted by Crippen LogP contribution is 2.31. The Labute approximate surface area is 150 Å². The van der Waals surface area contributed by atoms with Crippen LogP contribution >= 0.6 is 11.6 Å². The van der Waals surface area contributed by atoms with Gasteiger partial charge in [-0.05, 0) is 48.9 Å². The average Bonchev–Trinajstić information content (AvgIpc) is 2.97. The second-order valence-corrected chi connectivity index (χ2v) is 5.85. The van der Waals surface area contributed by atoms with E-state index in [0.29, 0.717) is 27.6 Å². The molecule has 0 fully saturated rings. The molecule has 1 aliphatic rings. The molecule has 0 spiro atoms. The number of nitrogens with zero attached hydrogens (tertiary/aromatic N) is 1. The molecule has 0 unspecified atom stereocenters. The Balaban J connectivity index is 2.02. The molecule has 25 heavy (non-hydrogen) atoms. The van der Waals surface area contributed by atoms with Crippen LogP contribution in [-0.2, 0) is 9.53 Å². The van der Waals surface area contributed by atoms with Crippen LogP contribution in [0.5, 0.6) is 11.5 Å². The van der Waals surface area contributed by atoms with E-state index in [4.69, 9.17) is 25.8 Å². The van der Waals surface area contributed by atoms with Crippen LogP contribution in [-0.4, -0.2) is 26.1 Å². The topological polar surface area (TPSA) is 57.1 Å². The number of carbonyl (C=O) groups is 1. The van der Waals surface area contributed by atoms with Gasteiger partial charge in [0.2, 0.25) is 5.90 Å². The molecule has 5 nitrogen and oxygen atoms in total. The molecule has 0 bridgehead atoms. The second-order valence-electron chi connectivity index (χ2n) is 5.41. The maximum Gasteiger partial charge on any atom is 0.363 e. The van der Waals surface area contributed by atoms with Crippen molar-refractivity contribution >= 4 is 29.5 Å². The molecule has 6 heteroatoms. The van der Waals surface area contributed by atoms with Crippen molar-refractivity contribution in [2.24, 2.45) is 4.99 Å². The van der Waals surface area contributed by atoms with Gasteiger partial charge in [0.15, 0.2) is 5.70 Å². The van der Waals surface area contributed by atoms with E-state index >= 15 is 0 Å². The van der Waals surface area contributed by atoms with Gasteiger partial charge in [-0.2, -0.15) is 0 Å². The molecule has 0 radical (unpaired) electrons. The van der Waals surface area contributed by atoms with Gasteiger partial charge in [0, 0.05) is 16.1 Å². The lowest BCUT2D eigenvalue weighted by Crippen LogP contribution is -2.05. The summed E-state index contributed by atoms with van der Waals surface area (Å²) in [5.74, 6) is 0.997. The zero-order valence-corrected chi connectivity index (χ0v) is 14.8. The van der Waals surface area contributed by atoms with Gasteiger partial charge < -0.3 is 14.2 Å². The van der Waals surface area contributed by atoms with Gasteiger partial charge >= 0.3 is 5.97 Å². The van der Waals surface area contributed by atoms with E-state index in [-0.39, 0.29) is 11.6 Å². The molecule has 1 aliphatic heterocycles. The van der Waals surface area contributed by atoms with Crippen molar-refractivity contribution in [1.82, 2.24) is 0 Å². The first kappa shape index (κ1) is 17.0. The van der Waals surface area contributed by atoms with E-state index in [0.717, 1.165) is 5.56 Å². The minimum Gasteiger partial charge on any atom is -0.496 e. The van der Waals surface area contributed by atoms with Crippen LogP contribution in [0.2, 0.25) is 5.02 Å². The smallest absolute Gasteiger partial charge is 0.363 e. The van der Waals surface area contributed by atoms with Crippen molar-refractivity contribution in [3.8, 4) is 11.5 Å². The lowest BCUT2D eigenvalue weighted by molar-refractivity contribution is -0.129. The summed E-state index contributed by atoms with van der Waals surface area (Å²) in [4.78, 5) is 16.4. The summed E-state index contributed by atoms with van der Waals surface area (Å²) in [6, 6.07) is 10.6. The van der Waals surface area contributed by atoms with Crippen LogP contribution in [0.25, 0.3) is 6.08 Å². The number of aryl methyl sites for hydroxylation is 1. The normalized spacial score (nSPS) is 15.1. The van der Waals surface area contributed by atoms with Crippen molar-refractivity contribution in [2.45, 2.75) is 6.92 Å². The Morgan fingerprint density at radius 3 is 2.56 bits per heavy atom. The van der Waals surface area contributed by atoms with Gasteiger partial charge in [0.05, 0.1) is 14.2 Å². The molecule has 2 aromatic carbocycles. The number of rotatable bonds is 4. The van der Waals surface area contributed by atoms with Crippen molar-refractivity contribution in [2.75, 3.05) is 14.2 Å². The van der Waals surface area contributed by atoms with E-state index in [9.17, 15) is 4.79 Å². The number of halogens is 1. The molecule has 2 aromatic rings. The molecule has 0 saturated carbocycles. The van der Waals surface area contributed by atoms with E-state index in [1.807, 2.05) is 13.0 Å². The maximum absolute atomic E-state index is 12.2. The number of ether oxygens (including phenoxy) is 3. The minimum atomic E-state index is -0.531. The Morgan fingerprint density at radius 2 is 1.88 bits per heavy atom. The number of aliphatic imine (C=N–C) groups is 1. The van der Waals surface area contributed by atoms with Crippen LogP contribution in [0, 0.1) is 6.92 Å². The molecule has 128 valence electrons. The van der Waals surface area contributed by atoms with E-state index in [2.05, 4.69) is 4.99 Å². The summed E-state index contributed by atoms with van der Waals surface area (Å²) >= 11 is 5.97. The summed E-state index contributed by atoms with van der Waals surface area (Å²) in [5, 5.41) is 0.540. The fourth-order valence-electron chi connectivity index (χ4n) is 2.49. The highest BCUT2D eigenvalue weighted by molar-refractivity contribution is 6.31. The number of carbonyl (C=O) groups excluding carboxylic acids is 1. The van der Waals surface area contributed by atoms with Gasteiger partial charge in [0.1, 0.15) is 11.5 Å². The van der Waals surface area contributed by atoms with E-state index < -0.39 is 5.97 Å². The number of hydrogen-bond acceptors (Lipinski definition) is 5. The molecule has 0 aliphatic carbocycles. The number of cyclic esters (lactones) is 1. The first-order chi connectivity index (χ1) is 12.0. The molecule has 0 N–H and O–H groups in total. The zero-order valence-electron chi connectivity index (χ0n) is 14.0. The molecule has 0 amide bonds. The Kier molecular flexibility index (Phi) is 4.76. The fourth-order valence-corrected chi connectivity index (χ4v) is 2.68. The van der Waals surface area contributed by atoms with Crippen molar-refractivity contribution in [1.29, 1.82) is 0 Å². The predicted octanol–water partition coefficient (Wildman–Crippen LogP) is 4.01. The number of benzene rings is 2. The lowest BCUT2D eigenvalue weighted by atomic mass is 10.1. The highest BCUT2D eigenvalue weighted by Gasteiger charge is 2.25. The molecule has 0 atom stereocenters. The molecular weight excluding hydrogens is 342 g/mol. The first-order valence-electron chi connectivity index (χ1n) is 7.53. The number of hydrogen-bond donors (Lipinski definition) is 0. The number of esters is 1. The van der Waals surface area contributed by atoms with Crippen LogP contribution in [0.4, 0.5) is 0 Å². The van der Waals surface area contributed by atoms with E-state index in [1.54, 1.807) is 50.6 Å². The monoisotopic (exact) mass is 357 g/mol. The summed E-state index contributed by atoms with van der Waals surface area (Å²) in [6.45, 7) is 1.91. The first-order valence-corrected chi connectivity index (χ1v) is 7.90. The largest absolute Gasteiger partial charge is 0.496 e. The molecule has 3 rings (SSSR count). The Morgan fingerprint density at radius 1 is 1.12 bits per heavy atom. The van der Waals surface area contributed by atoms with Gasteiger partial charge in [-0.15, -0.1) is 0 Å². The van der Waals surface area contributed by atoms with Crippen molar-refractivity contribution < 1.29 is 19.0 Å². The molecular formula is C19H16ClNO4. The van der Waals surface area contributed by atoms with Gasteiger partial charge in [-0.1, -0.05) is 17.7 Å². The van der Waals surface area contributed by atoms with Crippen molar-refractivity contribution in [3.05, 3.63) is 63.8 Å². The lowest BCUT2D eigenvalue weighted by Gasteiger charge is -2.10. The van der Waals surface area contributed by atoms with Crippen molar-refractivity contribution in [3.63, 3.8) is 0 Å². The minimum absolute atomic E-state index is 0.180. The standard InChI is InChI=1S/C19H16ClNO4/c1-11-7-17(24-3)13(10-16(11)23-2)9-15-19(22)25-18(21-15)12-5-4-6-14(20)8-12/h4-10H,1-3H3/b15-9+. The fraction of sp³-hybridized carbons (Fsp3) is 0.158. The third kappa shape index (κ3) is 3.51. The summed E-state index contributed by atoms with van der Waals surface area (Å²) in [6.07, 6.45) is 1.61.